The van der Waals surface area contributed by atoms with E-state index in [1.165, 1.54) is 18.7 Å². The Morgan fingerprint density at radius 3 is 2.41 bits per heavy atom. The number of quaternary nitrogens is 1. The van der Waals surface area contributed by atoms with Gasteiger partial charge in [0.25, 0.3) is 5.91 Å². The minimum atomic E-state index is -1.41. The first-order valence-electron chi connectivity index (χ1n) is 9.74. The third-order valence-corrected chi connectivity index (χ3v) is 6.66. The van der Waals surface area contributed by atoms with Crippen molar-refractivity contribution in [2.75, 3.05) is 19.8 Å². The molecule has 0 aliphatic carbocycles. The summed E-state index contributed by atoms with van der Waals surface area (Å²) in [6.45, 7) is 4.58. The molecule has 10 atom stereocenters. The van der Waals surface area contributed by atoms with E-state index < -0.39 is 42.0 Å². The molecule has 29 heavy (non-hydrogen) atoms. The number of ether oxygens (including phenoxy) is 1. The number of halogens is 1. The van der Waals surface area contributed by atoms with Gasteiger partial charge in [0.1, 0.15) is 29.9 Å². The lowest BCUT2D eigenvalue weighted by molar-refractivity contribution is -0.884. The number of aliphatic hydroxyl groups is 4. The third-order valence-electron chi connectivity index (χ3n) is 5.81. The lowest BCUT2D eigenvalue weighted by Crippen LogP contribution is -3.12. The number of likely N-dealkylation sites (N-methyl/N-ethyl adjacent to an activating group) is 1. The first-order chi connectivity index (χ1) is 12.7. The molecule has 9 nitrogen and oxygen atoms in total. The maximum Gasteiger partial charge on any atom is 0.278 e. The fourth-order valence-electron chi connectivity index (χ4n) is 4.28. The molecule has 1 amide bonds. The Bertz CT molecular complexity index is 503. The summed E-state index contributed by atoms with van der Waals surface area (Å²) in [7, 11) is 1.99. The van der Waals surface area contributed by atoms with E-state index in [0.29, 0.717) is 5.92 Å². The van der Waals surface area contributed by atoms with Gasteiger partial charge in [-0.3, -0.25) is 4.79 Å². The minimum absolute atomic E-state index is 0. The van der Waals surface area contributed by atoms with Gasteiger partial charge in [-0.2, -0.15) is 0 Å². The van der Waals surface area contributed by atoms with Gasteiger partial charge in [0.05, 0.1) is 25.7 Å². The number of hydrogen-bond donors (Lipinski definition) is 6. The number of amides is 1. The molecule has 8 N–H and O–H groups in total. The number of aliphatic hydroxyl groups excluding tert-OH is 4. The second kappa shape index (κ2) is 12.6. The van der Waals surface area contributed by atoms with Crippen LogP contribution in [-0.4, -0.2) is 99.7 Å². The molecule has 0 aromatic rings. The molecule has 3 unspecified atom stereocenters. The third kappa shape index (κ3) is 6.65. The monoisotopic (exact) mass is 460 g/mol. The SMILES string of the molecule is CCC[C@@H]1C[C@@H](C(=O)NC(C(C)O)[C@H]2O[C@H](SC)[C@H](O)[C@@H](O)[C@H]2O)[NH+](C)C1.O.[Cl-]. The lowest BCUT2D eigenvalue weighted by Gasteiger charge is -2.44. The lowest BCUT2D eigenvalue weighted by atomic mass is 9.92. The molecule has 0 aromatic carbocycles. The van der Waals surface area contributed by atoms with Crippen molar-refractivity contribution >= 4 is 17.7 Å². The molecule has 2 heterocycles. The Balaban J connectivity index is 0.00000392. The Labute approximate surface area is 182 Å². The van der Waals surface area contributed by atoms with Gasteiger partial charge >= 0.3 is 0 Å². The highest BCUT2D eigenvalue weighted by molar-refractivity contribution is 7.99. The summed E-state index contributed by atoms with van der Waals surface area (Å²) in [4.78, 5) is 14.0. The van der Waals surface area contributed by atoms with Crippen molar-refractivity contribution in [1.82, 2.24) is 5.32 Å². The van der Waals surface area contributed by atoms with Crippen LogP contribution >= 0.6 is 11.8 Å². The Morgan fingerprint density at radius 2 is 1.90 bits per heavy atom. The second-order valence-electron chi connectivity index (χ2n) is 7.95. The molecule has 2 aliphatic rings. The summed E-state index contributed by atoms with van der Waals surface area (Å²) >= 11 is 1.20. The molecule has 0 aromatic heterocycles. The van der Waals surface area contributed by atoms with Gasteiger partial charge in [-0.05, 0) is 19.6 Å². The van der Waals surface area contributed by atoms with Crippen LogP contribution < -0.4 is 22.6 Å². The smallest absolute Gasteiger partial charge is 0.278 e. The zero-order valence-corrected chi connectivity index (χ0v) is 19.0. The predicted octanol–water partition coefficient (Wildman–Crippen LogP) is -6.09. The summed E-state index contributed by atoms with van der Waals surface area (Å²) in [6, 6.07) is -1.10. The topological polar surface area (TPSA) is 155 Å². The van der Waals surface area contributed by atoms with E-state index in [4.69, 9.17) is 4.74 Å². The molecule has 2 rings (SSSR count). The average molecular weight is 461 g/mol. The van der Waals surface area contributed by atoms with Gasteiger partial charge in [0, 0.05) is 12.3 Å². The van der Waals surface area contributed by atoms with E-state index in [0.717, 1.165) is 30.7 Å². The molecule has 0 saturated carbocycles. The highest BCUT2D eigenvalue weighted by Gasteiger charge is 2.49. The summed E-state index contributed by atoms with van der Waals surface area (Å²) in [6.07, 6.45) is -1.39. The van der Waals surface area contributed by atoms with Crippen molar-refractivity contribution in [3.8, 4) is 0 Å². The van der Waals surface area contributed by atoms with E-state index in [-0.39, 0.29) is 29.8 Å². The van der Waals surface area contributed by atoms with E-state index >= 15 is 0 Å². The minimum Gasteiger partial charge on any atom is -1.00 e. The van der Waals surface area contributed by atoms with Gasteiger partial charge in [0.15, 0.2) is 6.04 Å². The highest BCUT2D eigenvalue weighted by Crippen LogP contribution is 2.29. The largest absolute Gasteiger partial charge is 1.00 e. The fourth-order valence-corrected chi connectivity index (χ4v) is 4.96. The van der Waals surface area contributed by atoms with Crippen LogP contribution in [0.5, 0.6) is 0 Å². The van der Waals surface area contributed by atoms with Crippen LogP contribution in [0.4, 0.5) is 0 Å². The van der Waals surface area contributed by atoms with Crippen molar-refractivity contribution in [1.29, 1.82) is 0 Å². The van der Waals surface area contributed by atoms with Gasteiger partial charge in [-0.15, -0.1) is 11.8 Å². The van der Waals surface area contributed by atoms with Gasteiger partial charge in [0.2, 0.25) is 0 Å². The molecular formula is C18H37ClN2O7S. The fraction of sp³-hybridized carbons (Fsp3) is 0.944. The van der Waals surface area contributed by atoms with Crippen molar-refractivity contribution in [3.63, 3.8) is 0 Å². The number of nitrogens with one attached hydrogen (secondary N) is 2. The zero-order chi connectivity index (χ0) is 20.3. The standard InChI is InChI=1S/C18H34N2O6S.ClH.H2O/c1-5-6-10-7-11(20(3)8-10)17(25)19-12(9(2)21)16-14(23)13(22)15(24)18(26-16)27-4;;/h9-16,18,21-24H,5-8H2,1-4H3,(H,19,25);1H;1H2/t9?,10-,11+,12?,13+,14-,15-,16-,18-;;/m1../s1. The first-order valence-corrected chi connectivity index (χ1v) is 11.0. The number of hydrogen-bond acceptors (Lipinski definition) is 7. The summed E-state index contributed by atoms with van der Waals surface area (Å²) in [5.41, 5.74) is -0.750. The van der Waals surface area contributed by atoms with Crippen molar-refractivity contribution in [3.05, 3.63) is 0 Å². The van der Waals surface area contributed by atoms with E-state index in [1.807, 2.05) is 7.05 Å². The zero-order valence-electron chi connectivity index (χ0n) is 17.4. The van der Waals surface area contributed by atoms with Crippen molar-refractivity contribution in [2.45, 2.75) is 81.1 Å². The molecule has 0 bridgehead atoms. The predicted molar refractivity (Wildman–Crippen MR) is 106 cm³/mol. The van der Waals surface area contributed by atoms with E-state index in [9.17, 15) is 25.2 Å². The van der Waals surface area contributed by atoms with Gasteiger partial charge in [-0.1, -0.05) is 13.3 Å². The van der Waals surface area contributed by atoms with E-state index in [1.54, 1.807) is 6.26 Å². The number of carbonyl (C=O) groups is 1. The Hall–Kier alpha value is -0.170. The Morgan fingerprint density at radius 1 is 1.28 bits per heavy atom. The second-order valence-corrected chi connectivity index (χ2v) is 8.88. The Kier molecular flexibility index (Phi) is 12.6. The van der Waals surface area contributed by atoms with Crippen LogP contribution in [0.25, 0.3) is 0 Å². The van der Waals surface area contributed by atoms with Gasteiger partial charge in [-0.25, -0.2) is 0 Å². The molecule has 0 radical (unpaired) electrons. The maximum absolute atomic E-state index is 12.9. The number of rotatable bonds is 7. The van der Waals surface area contributed by atoms with Crippen LogP contribution in [0.1, 0.15) is 33.1 Å². The highest BCUT2D eigenvalue weighted by atomic mass is 35.5. The van der Waals surface area contributed by atoms with Crippen LogP contribution in [0.2, 0.25) is 0 Å². The molecule has 2 saturated heterocycles. The molecule has 174 valence electrons. The van der Waals surface area contributed by atoms with Crippen LogP contribution in [0, 0.1) is 5.92 Å². The average Bonchev–Trinajstić information content (AvgIpc) is 2.99. The molecule has 11 heteroatoms. The summed E-state index contributed by atoms with van der Waals surface area (Å²) < 4.78 is 5.73. The first kappa shape index (κ1) is 28.8. The molecular weight excluding hydrogens is 424 g/mol. The number of thioether (sulfide) groups is 1. The summed E-state index contributed by atoms with van der Waals surface area (Å²) in [5, 5.41) is 43.6. The number of carbonyl (C=O) groups excluding carboxylic acids is 1. The molecule has 2 aliphatic heterocycles. The summed E-state index contributed by atoms with van der Waals surface area (Å²) in [5.74, 6) is 0.319. The van der Waals surface area contributed by atoms with Gasteiger partial charge < -0.3 is 53.3 Å². The van der Waals surface area contributed by atoms with Crippen LogP contribution in [0.3, 0.4) is 0 Å². The normalized spacial score (nSPS) is 39.0. The van der Waals surface area contributed by atoms with Crippen LogP contribution in [-0.2, 0) is 9.53 Å². The quantitative estimate of drug-likeness (QED) is 0.221. The number of likely N-dealkylation sites (tertiary alicyclic amines) is 1. The van der Waals surface area contributed by atoms with E-state index in [2.05, 4.69) is 12.2 Å². The van der Waals surface area contributed by atoms with Crippen molar-refractivity contribution < 1.29 is 52.7 Å². The maximum atomic E-state index is 12.9. The van der Waals surface area contributed by atoms with Crippen LogP contribution in [0.15, 0.2) is 0 Å². The van der Waals surface area contributed by atoms with Crippen molar-refractivity contribution in [2.24, 2.45) is 5.92 Å². The molecule has 0 spiro atoms. The molecule has 2 fully saturated rings.